The van der Waals surface area contributed by atoms with Gasteiger partial charge in [0.1, 0.15) is 30.5 Å². The molecule has 9 N–H and O–H groups in total. The zero-order valence-corrected chi connectivity index (χ0v) is 22.9. The molecule has 3 aromatic heterocycles. The Morgan fingerprint density at radius 1 is 1.14 bits per heavy atom. The van der Waals surface area contributed by atoms with Crippen LogP contribution in [0.15, 0.2) is 28.2 Å². The molecular weight excluding hydrogens is 610 g/mol. The van der Waals surface area contributed by atoms with Crippen molar-refractivity contribution in [1.82, 2.24) is 29.1 Å². The molecule has 0 amide bonds. The van der Waals surface area contributed by atoms with Gasteiger partial charge in [0.25, 0.3) is 13.4 Å². The van der Waals surface area contributed by atoms with E-state index in [2.05, 4.69) is 24.5 Å². The van der Waals surface area contributed by atoms with Crippen LogP contribution < -0.4 is 27.6 Å². The van der Waals surface area contributed by atoms with E-state index in [4.69, 9.17) is 25.5 Å². The SMILES string of the molecule is Nc1ccn(C2CC(O)C(C(OP(=O)([O-])O)C3CC(n4cnc5c(=O)[nH]c(N)nc54)OC3COP(=O)(O)O)O2)c(=O)n1. The number of nitrogens with two attached hydrogens (primary N) is 2. The Morgan fingerprint density at radius 3 is 2.52 bits per heavy atom. The highest BCUT2D eigenvalue weighted by atomic mass is 31.2. The lowest BCUT2D eigenvalue weighted by atomic mass is 9.89. The van der Waals surface area contributed by atoms with Gasteiger partial charge in [0, 0.05) is 25.0 Å². The minimum absolute atomic E-state index is 0.0295. The number of phosphoric ester groups is 2. The number of hydrogen-bond acceptors (Lipinski definition) is 15. The van der Waals surface area contributed by atoms with Gasteiger partial charge in [-0.25, -0.2) is 14.3 Å². The number of H-pyrrole nitrogens is 1. The summed E-state index contributed by atoms with van der Waals surface area (Å²) in [7, 11) is -10.6. The molecule has 0 bridgehead atoms. The number of aliphatic hydroxyl groups excluding tert-OH is 1. The van der Waals surface area contributed by atoms with Crippen LogP contribution in [-0.2, 0) is 27.7 Å². The van der Waals surface area contributed by atoms with Gasteiger partial charge in [0.05, 0.1) is 25.1 Å². The number of nitrogens with one attached hydrogen (secondary N) is 1. The average molecular weight is 635 g/mol. The van der Waals surface area contributed by atoms with E-state index in [9.17, 15) is 43.4 Å². The first-order valence-corrected chi connectivity index (χ1v) is 15.1. The molecule has 0 radical (unpaired) electrons. The maximum Gasteiger partial charge on any atom is 0.469 e. The monoisotopic (exact) mass is 635 g/mol. The normalized spacial score (nSPS) is 28.7. The summed E-state index contributed by atoms with van der Waals surface area (Å²) in [6, 6.07) is 1.30. The molecular formula is C19H25N8O13P2-. The Morgan fingerprint density at radius 2 is 1.86 bits per heavy atom. The number of ether oxygens (including phenoxy) is 2. The van der Waals surface area contributed by atoms with E-state index < -0.39 is 76.3 Å². The van der Waals surface area contributed by atoms with Crippen molar-refractivity contribution in [3.8, 4) is 0 Å². The number of rotatable bonds is 9. The maximum atomic E-state index is 12.3. The van der Waals surface area contributed by atoms with Crippen LogP contribution in [0.2, 0.25) is 0 Å². The topological polar surface area (TPSA) is 326 Å². The highest BCUT2D eigenvalue weighted by Gasteiger charge is 2.51. The van der Waals surface area contributed by atoms with Crippen molar-refractivity contribution in [2.45, 2.75) is 49.7 Å². The summed E-state index contributed by atoms with van der Waals surface area (Å²) >= 11 is 0. The third-order valence-electron chi connectivity index (χ3n) is 6.75. The Hall–Kier alpha value is -3.07. The highest BCUT2D eigenvalue weighted by Crippen LogP contribution is 2.48. The molecule has 5 rings (SSSR count). The first kappa shape index (κ1) is 30.4. The standard InChI is InChI=1S/C19H26N8O13P2/c20-10-1-2-26(19(30)23-10)12-4-8(28)15(39-12)14(40-42(34,35)36)7-3-11(38-9(7)5-37-41(31,32)33)27-6-22-13-16(27)24-18(21)25-17(13)29/h1-2,6-9,11-12,14-15,28H,3-5H2,(H2,20,23,30)(H2,31,32,33)(H2,34,35,36)(H3,21,24,25,29)/p-1. The molecule has 0 spiro atoms. The van der Waals surface area contributed by atoms with Crippen LogP contribution in [0, 0.1) is 5.92 Å². The van der Waals surface area contributed by atoms with Gasteiger partial charge in [-0.3, -0.25) is 28.0 Å². The first-order valence-electron chi connectivity index (χ1n) is 12.1. The molecule has 3 aromatic rings. The van der Waals surface area contributed by atoms with Gasteiger partial charge in [-0.05, 0) is 6.07 Å². The lowest BCUT2D eigenvalue weighted by Crippen LogP contribution is -2.45. The van der Waals surface area contributed by atoms with Gasteiger partial charge in [0.15, 0.2) is 11.2 Å². The number of aliphatic hydroxyl groups is 1. The lowest BCUT2D eigenvalue weighted by molar-refractivity contribution is -0.234. The Kier molecular flexibility index (Phi) is 8.11. The van der Waals surface area contributed by atoms with E-state index in [1.807, 2.05) is 0 Å². The quantitative estimate of drug-likeness (QED) is 0.115. The minimum atomic E-state index is -5.55. The molecule has 42 heavy (non-hydrogen) atoms. The molecule has 0 saturated carbocycles. The molecule has 2 aliphatic heterocycles. The van der Waals surface area contributed by atoms with Crippen molar-refractivity contribution < 1.29 is 52.3 Å². The smallest absolute Gasteiger partial charge is 0.469 e. The van der Waals surface area contributed by atoms with Crippen molar-refractivity contribution in [2.24, 2.45) is 5.92 Å². The number of nitrogens with zero attached hydrogens (tertiary/aromatic N) is 5. The van der Waals surface area contributed by atoms with Gasteiger partial charge >= 0.3 is 13.5 Å². The Bertz CT molecular complexity index is 1680. The number of phosphoric acid groups is 2. The number of fused-ring (bicyclic) bond motifs is 1. The first-order chi connectivity index (χ1) is 19.6. The van der Waals surface area contributed by atoms with E-state index in [0.29, 0.717) is 0 Å². The summed E-state index contributed by atoms with van der Waals surface area (Å²) in [6.45, 7) is -0.809. The Labute approximate surface area is 233 Å². The Balaban J connectivity index is 1.51. The second-order valence-electron chi connectivity index (χ2n) is 9.53. The van der Waals surface area contributed by atoms with Gasteiger partial charge in [-0.1, -0.05) is 0 Å². The molecule has 0 aliphatic carbocycles. The average Bonchev–Trinajstić information content (AvgIpc) is 3.57. The van der Waals surface area contributed by atoms with Crippen molar-refractivity contribution in [3.05, 3.63) is 39.4 Å². The predicted octanol–water partition coefficient (Wildman–Crippen LogP) is -2.95. The summed E-state index contributed by atoms with van der Waals surface area (Å²) in [6.07, 6.45) is -6.44. The number of nitrogen functional groups attached to an aromatic ring is 2. The van der Waals surface area contributed by atoms with Crippen LogP contribution in [0.3, 0.4) is 0 Å². The van der Waals surface area contributed by atoms with Crippen LogP contribution in [0.25, 0.3) is 11.2 Å². The summed E-state index contributed by atoms with van der Waals surface area (Å²) in [5.41, 5.74) is 9.52. The van der Waals surface area contributed by atoms with E-state index >= 15 is 0 Å². The molecule has 230 valence electrons. The summed E-state index contributed by atoms with van der Waals surface area (Å²) < 4.78 is 47.0. The zero-order valence-electron chi connectivity index (χ0n) is 21.1. The fourth-order valence-corrected chi connectivity index (χ4v) is 6.00. The molecule has 0 aromatic carbocycles. The van der Waals surface area contributed by atoms with Crippen LogP contribution in [0.5, 0.6) is 0 Å². The van der Waals surface area contributed by atoms with E-state index in [1.165, 1.54) is 23.2 Å². The predicted molar refractivity (Wildman–Crippen MR) is 135 cm³/mol. The third-order valence-corrected chi connectivity index (χ3v) is 7.75. The number of aromatic amines is 1. The van der Waals surface area contributed by atoms with Crippen molar-refractivity contribution in [2.75, 3.05) is 18.1 Å². The largest absolute Gasteiger partial charge is 0.756 e. The van der Waals surface area contributed by atoms with Gasteiger partial charge in [-0.15, -0.1) is 0 Å². The molecule has 21 nitrogen and oxygen atoms in total. The number of imidazole rings is 1. The molecule has 2 fully saturated rings. The highest BCUT2D eigenvalue weighted by molar-refractivity contribution is 7.46. The van der Waals surface area contributed by atoms with E-state index in [1.54, 1.807) is 0 Å². The molecule has 5 heterocycles. The maximum absolute atomic E-state index is 12.3. The van der Waals surface area contributed by atoms with Gasteiger partial charge < -0.3 is 50.1 Å². The number of anilines is 2. The van der Waals surface area contributed by atoms with Crippen LogP contribution in [0.4, 0.5) is 11.8 Å². The molecule has 2 aliphatic rings. The summed E-state index contributed by atoms with van der Waals surface area (Å²) in [5, 5.41) is 10.9. The summed E-state index contributed by atoms with van der Waals surface area (Å²) in [5.74, 6) is -1.54. The van der Waals surface area contributed by atoms with Crippen molar-refractivity contribution in [3.63, 3.8) is 0 Å². The van der Waals surface area contributed by atoms with Crippen LogP contribution in [0.1, 0.15) is 25.3 Å². The van der Waals surface area contributed by atoms with E-state index in [0.717, 1.165) is 4.57 Å². The van der Waals surface area contributed by atoms with E-state index in [-0.39, 0.29) is 35.8 Å². The van der Waals surface area contributed by atoms with Crippen LogP contribution in [-0.4, -0.2) is 79.9 Å². The van der Waals surface area contributed by atoms with Gasteiger partial charge in [-0.2, -0.15) is 9.97 Å². The number of hydrogen-bond donors (Lipinski definition) is 7. The minimum Gasteiger partial charge on any atom is -0.756 e. The second kappa shape index (κ2) is 11.2. The molecule has 23 heteroatoms. The fraction of sp³-hybridized carbons (Fsp3) is 0.526. The third kappa shape index (κ3) is 6.46. The van der Waals surface area contributed by atoms with Crippen molar-refractivity contribution in [1.29, 1.82) is 0 Å². The van der Waals surface area contributed by atoms with Crippen LogP contribution >= 0.6 is 15.6 Å². The van der Waals surface area contributed by atoms with Crippen molar-refractivity contribution >= 4 is 38.6 Å². The second-order valence-corrected chi connectivity index (χ2v) is 11.9. The number of aromatic nitrogens is 6. The zero-order chi connectivity index (χ0) is 30.6. The molecule has 2 saturated heterocycles. The van der Waals surface area contributed by atoms with Gasteiger partial charge in [0.2, 0.25) is 5.95 Å². The lowest BCUT2D eigenvalue weighted by Gasteiger charge is -2.35. The molecule has 8 unspecified atom stereocenters. The fourth-order valence-electron chi connectivity index (χ4n) is 5.08. The molecule has 8 atom stereocenters. The summed E-state index contributed by atoms with van der Waals surface area (Å²) in [4.78, 5) is 78.6.